The molecular weight excluding hydrogens is 210 g/mol. The third kappa shape index (κ3) is 2.53. The van der Waals surface area contributed by atoms with E-state index in [-0.39, 0.29) is 5.60 Å². The molecule has 0 aromatic heterocycles. The van der Waals surface area contributed by atoms with Crippen molar-refractivity contribution in [2.45, 2.75) is 63.4 Å². The highest BCUT2D eigenvalue weighted by Crippen LogP contribution is 2.40. The topological polar surface area (TPSA) is 23.5 Å². The third-order valence-corrected chi connectivity index (χ3v) is 5.60. The van der Waals surface area contributed by atoms with Crippen molar-refractivity contribution in [1.82, 2.24) is 4.90 Å². The van der Waals surface area contributed by atoms with Crippen LogP contribution in [-0.2, 0) is 0 Å². The van der Waals surface area contributed by atoms with Crippen LogP contribution in [-0.4, -0.2) is 35.2 Å². The minimum Gasteiger partial charge on any atom is -0.390 e. The number of hydrogen-bond acceptors (Lipinski definition) is 2. The molecular formula is C15H27NO. The van der Waals surface area contributed by atoms with E-state index < -0.39 is 0 Å². The molecule has 1 aliphatic carbocycles. The molecule has 2 nitrogen and oxygen atoms in total. The van der Waals surface area contributed by atoms with Gasteiger partial charge in [0.1, 0.15) is 0 Å². The van der Waals surface area contributed by atoms with Gasteiger partial charge in [0.05, 0.1) is 5.60 Å². The van der Waals surface area contributed by atoms with Gasteiger partial charge in [0.2, 0.25) is 0 Å². The molecule has 0 spiro atoms. The standard InChI is InChI=1S/C15H27NO/c17-15(8-6-13-4-2-1-3-5-13)9-11-16-10-7-14(15)12-16/h13-14,17H,1-12H2. The molecule has 1 saturated carbocycles. The molecule has 2 bridgehead atoms. The summed E-state index contributed by atoms with van der Waals surface area (Å²) in [5.41, 5.74) is -0.301. The van der Waals surface area contributed by atoms with Crippen molar-refractivity contribution in [2.24, 2.45) is 11.8 Å². The van der Waals surface area contributed by atoms with Crippen LogP contribution >= 0.6 is 0 Å². The van der Waals surface area contributed by atoms with Crippen LogP contribution in [0.25, 0.3) is 0 Å². The van der Waals surface area contributed by atoms with Crippen LogP contribution in [0.2, 0.25) is 0 Å². The minimum absolute atomic E-state index is 0.301. The van der Waals surface area contributed by atoms with Crippen LogP contribution < -0.4 is 0 Å². The summed E-state index contributed by atoms with van der Waals surface area (Å²) in [5, 5.41) is 10.9. The molecule has 1 N–H and O–H groups in total. The maximum Gasteiger partial charge on any atom is 0.0700 e. The molecule has 2 saturated heterocycles. The lowest BCUT2D eigenvalue weighted by molar-refractivity contribution is -0.0556. The van der Waals surface area contributed by atoms with Crippen LogP contribution in [0.5, 0.6) is 0 Å². The van der Waals surface area contributed by atoms with Crippen molar-refractivity contribution >= 4 is 0 Å². The fourth-order valence-electron chi connectivity index (χ4n) is 4.29. The number of nitrogens with zero attached hydrogens (tertiary/aromatic N) is 1. The second-order valence-corrected chi connectivity index (χ2v) is 6.68. The van der Waals surface area contributed by atoms with Crippen LogP contribution in [0.3, 0.4) is 0 Å². The third-order valence-electron chi connectivity index (χ3n) is 5.60. The largest absolute Gasteiger partial charge is 0.390 e. The predicted molar refractivity (Wildman–Crippen MR) is 69.9 cm³/mol. The minimum atomic E-state index is -0.301. The molecule has 3 atom stereocenters. The maximum absolute atomic E-state index is 10.9. The van der Waals surface area contributed by atoms with Crippen molar-refractivity contribution in [3.63, 3.8) is 0 Å². The molecule has 0 aromatic rings. The Hall–Kier alpha value is -0.0800. The van der Waals surface area contributed by atoms with E-state index >= 15 is 0 Å². The molecule has 2 heterocycles. The fourth-order valence-corrected chi connectivity index (χ4v) is 4.29. The Kier molecular flexibility index (Phi) is 3.45. The Morgan fingerprint density at radius 1 is 1.06 bits per heavy atom. The van der Waals surface area contributed by atoms with E-state index in [1.54, 1.807) is 0 Å². The van der Waals surface area contributed by atoms with Crippen LogP contribution in [0.15, 0.2) is 0 Å². The molecule has 0 aromatic carbocycles. The quantitative estimate of drug-likeness (QED) is 0.816. The fraction of sp³-hybridized carbons (Fsp3) is 1.00. The van der Waals surface area contributed by atoms with Crippen LogP contribution in [0, 0.1) is 11.8 Å². The maximum atomic E-state index is 10.9. The van der Waals surface area contributed by atoms with E-state index in [0.717, 1.165) is 25.3 Å². The summed E-state index contributed by atoms with van der Waals surface area (Å²) < 4.78 is 0. The molecule has 3 aliphatic rings. The highest BCUT2D eigenvalue weighted by atomic mass is 16.3. The lowest BCUT2D eigenvalue weighted by Gasteiger charge is -2.40. The summed E-state index contributed by atoms with van der Waals surface area (Å²) in [5.74, 6) is 1.51. The summed E-state index contributed by atoms with van der Waals surface area (Å²) in [6.07, 6.45) is 11.8. The van der Waals surface area contributed by atoms with E-state index in [2.05, 4.69) is 4.90 Å². The molecule has 98 valence electrons. The Balaban J connectivity index is 1.52. The van der Waals surface area contributed by atoms with Gasteiger partial charge in [0.25, 0.3) is 0 Å². The second kappa shape index (κ2) is 4.89. The first-order valence-electron chi connectivity index (χ1n) is 7.71. The number of piperidine rings is 1. The SMILES string of the molecule is OC1(CCC2CCCCC2)CCN2CCC1C2. The first kappa shape index (κ1) is 12.0. The number of hydrogen-bond donors (Lipinski definition) is 1. The van der Waals surface area contributed by atoms with Gasteiger partial charge in [-0.1, -0.05) is 32.1 Å². The zero-order chi connectivity index (χ0) is 11.7. The lowest BCUT2D eigenvalue weighted by Crippen LogP contribution is -2.46. The van der Waals surface area contributed by atoms with Gasteiger partial charge in [0.15, 0.2) is 0 Å². The Bertz CT molecular complexity index is 262. The first-order valence-corrected chi connectivity index (χ1v) is 7.71. The first-order chi connectivity index (χ1) is 8.26. The van der Waals surface area contributed by atoms with E-state index in [1.807, 2.05) is 0 Å². The Morgan fingerprint density at radius 2 is 1.88 bits per heavy atom. The van der Waals surface area contributed by atoms with Crippen molar-refractivity contribution in [3.05, 3.63) is 0 Å². The normalized spacial score (nSPS) is 42.9. The van der Waals surface area contributed by atoms with Crippen molar-refractivity contribution in [1.29, 1.82) is 0 Å². The van der Waals surface area contributed by atoms with Crippen LogP contribution in [0.1, 0.15) is 57.8 Å². The van der Waals surface area contributed by atoms with Gasteiger partial charge in [-0.3, -0.25) is 0 Å². The molecule has 3 fully saturated rings. The summed E-state index contributed by atoms with van der Waals surface area (Å²) in [7, 11) is 0. The second-order valence-electron chi connectivity index (χ2n) is 6.68. The summed E-state index contributed by atoms with van der Waals surface area (Å²) in [6.45, 7) is 3.54. The summed E-state index contributed by atoms with van der Waals surface area (Å²) >= 11 is 0. The molecule has 3 unspecified atom stereocenters. The number of aliphatic hydroxyl groups is 1. The van der Waals surface area contributed by atoms with Crippen molar-refractivity contribution < 1.29 is 5.11 Å². The zero-order valence-electron chi connectivity index (χ0n) is 11.0. The monoisotopic (exact) mass is 237 g/mol. The molecule has 0 amide bonds. The van der Waals surface area contributed by atoms with Crippen molar-refractivity contribution in [2.75, 3.05) is 19.6 Å². The molecule has 2 aliphatic heterocycles. The van der Waals surface area contributed by atoms with Crippen LogP contribution in [0.4, 0.5) is 0 Å². The molecule has 3 rings (SSSR count). The van der Waals surface area contributed by atoms with Gasteiger partial charge in [-0.05, 0) is 38.1 Å². The lowest BCUT2D eigenvalue weighted by atomic mass is 9.75. The molecule has 17 heavy (non-hydrogen) atoms. The smallest absolute Gasteiger partial charge is 0.0700 e. The van der Waals surface area contributed by atoms with E-state index in [1.165, 1.54) is 58.0 Å². The summed E-state index contributed by atoms with van der Waals surface area (Å²) in [6, 6.07) is 0. The highest BCUT2D eigenvalue weighted by Gasteiger charge is 2.44. The summed E-state index contributed by atoms with van der Waals surface area (Å²) in [4.78, 5) is 2.53. The molecule has 0 radical (unpaired) electrons. The van der Waals surface area contributed by atoms with Gasteiger partial charge in [0, 0.05) is 19.0 Å². The predicted octanol–water partition coefficient (Wildman–Crippen LogP) is 2.80. The highest BCUT2D eigenvalue weighted by molar-refractivity contribution is 4.97. The van der Waals surface area contributed by atoms with E-state index in [9.17, 15) is 5.11 Å². The number of fused-ring (bicyclic) bond motifs is 2. The Morgan fingerprint density at radius 3 is 2.71 bits per heavy atom. The van der Waals surface area contributed by atoms with Gasteiger partial charge in [-0.15, -0.1) is 0 Å². The number of rotatable bonds is 3. The zero-order valence-corrected chi connectivity index (χ0v) is 11.0. The van der Waals surface area contributed by atoms with Gasteiger partial charge in [-0.25, -0.2) is 0 Å². The van der Waals surface area contributed by atoms with E-state index in [4.69, 9.17) is 0 Å². The average molecular weight is 237 g/mol. The van der Waals surface area contributed by atoms with Gasteiger partial charge in [-0.2, -0.15) is 0 Å². The molecule has 2 heteroatoms. The average Bonchev–Trinajstić information content (AvgIpc) is 2.79. The van der Waals surface area contributed by atoms with Gasteiger partial charge >= 0.3 is 0 Å². The Labute approximate surface area is 105 Å². The van der Waals surface area contributed by atoms with E-state index in [0.29, 0.717) is 5.92 Å². The van der Waals surface area contributed by atoms with Gasteiger partial charge < -0.3 is 10.0 Å². The van der Waals surface area contributed by atoms with Crippen molar-refractivity contribution in [3.8, 4) is 0 Å².